The molecule has 0 spiro atoms. The van der Waals surface area contributed by atoms with Crippen LogP contribution < -0.4 is 5.32 Å². The van der Waals surface area contributed by atoms with E-state index in [1.54, 1.807) is 19.3 Å². The zero-order valence-corrected chi connectivity index (χ0v) is 17.3. The van der Waals surface area contributed by atoms with Crippen molar-refractivity contribution in [1.29, 1.82) is 0 Å². The van der Waals surface area contributed by atoms with E-state index in [0.29, 0.717) is 12.2 Å². The van der Waals surface area contributed by atoms with Gasteiger partial charge < -0.3 is 5.32 Å². The number of halogens is 1. The minimum absolute atomic E-state index is 0.0470. The van der Waals surface area contributed by atoms with E-state index >= 15 is 0 Å². The van der Waals surface area contributed by atoms with Crippen LogP contribution in [0.2, 0.25) is 0 Å². The normalized spacial score (nSPS) is 16.5. The van der Waals surface area contributed by atoms with Gasteiger partial charge in [0.05, 0.1) is 23.8 Å². The van der Waals surface area contributed by atoms with E-state index in [2.05, 4.69) is 15.2 Å². The highest BCUT2D eigenvalue weighted by Crippen LogP contribution is 2.24. The molecule has 1 aliphatic heterocycles. The molecule has 1 N–H and O–H groups in total. The van der Waals surface area contributed by atoms with Crippen LogP contribution in [0.5, 0.6) is 0 Å². The Hall–Kier alpha value is -2.03. The molecule has 1 aliphatic rings. The molecular formula is C20H27FN4O2S. The fourth-order valence-electron chi connectivity index (χ4n) is 3.43. The summed E-state index contributed by atoms with van der Waals surface area (Å²) in [6.07, 6.45) is 4.52. The van der Waals surface area contributed by atoms with E-state index in [1.807, 2.05) is 25.1 Å². The number of sulfonamides is 1. The summed E-state index contributed by atoms with van der Waals surface area (Å²) in [6.45, 7) is 4.23. The molecule has 1 aromatic heterocycles. The first-order valence-corrected chi connectivity index (χ1v) is 11.2. The number of anilines is 2. The van der Waals surface area contributed by atoms with Crippen molar-refractivity contribution in [2.75, 3.05) is 31.7 Å². The van der Waals surface area contributed by atoms with Gasteiger partial charge in [0.25, 0.3) is 0 Å². The van der Waals surface area contributed by atoms with Gasteiger partial charge >= 0.3 is 0 Å². The van der Waals surface area contributed by atoms with Crippen molar-refractivity contribution >= 4 is 21.4 Å². The van der Waals surface area contributed by atoms with Gasteiger partial charge in [-0.2, -0.15) is 0 Å². The molecule has 6 nitrogen and oxygen atoms in total. The lowest BCUT2D eigenvalue weighted by atomic mass is 10.0. The van der Waals surface area contributed by atoms with Crippen molar-refractivity contribution in [3.63, 3.8) is 0 Å². The van der Waals surface area contributed by atoms with Crippen molar-refractivity contribution < 1.29 is 12.8 Å². The molecule has 1 saturated heterocycles. The zero-order chi connectivity index (χ0) is 20.3. The second kappa shape index (κ2) is 8.55. The first-order valence-electron chi connectivity index (χ1n) is 9.36. The smallest absolute Gasteiger partial charge is 0.211 e. The maximum absolute atomic E-state index is 14.2. The monoisotopic (exact) mass is 406 g/mol. The molecule has 2 heterocycles. The van der Waals surface area contributed by atoms with Gasteiger partial charge in [0, 0.05) is 38.4 Å². The Morgan fingerprint density at radius 2 is 1.96 bits per heavy atom. The number of aromatic nitrogens is 1. The van der Waals surface area contributed by atoms with Gasteiger partial charge in [-0.25, -0.2) is 17.1 Å². The number of pyridine rings is 1. The van der Waals surface area contributed by atoms with Crippen LogP contribution in [0, 0.1) is 12.7 Å². The maximum atomic E-state index is 14.2. The molecule has 152 valence electrons. The molecule has 8 heteroatoms. The molecule has 0 bridgehead atoms. The molecule has 0 aliphatic carbocycles. The second-order valence-corrected chi connectivity index (χ2v) is 9.46. The van der Waals surface area contributed by atoms with E-state index < -0.39 is 10.0 Å². The molecule has 28 heavy (non-hydrogen) atoms. The summed E-state index contributed by atoms with van der Waals surface area (Å²) in [5.74, 6) is -0.308. The minimum Gasteiger partial charge on any atom is -0.352 e. The van der Waals surface area contributed by atoms with Gasteiger partial charge in [-0.3, -0.25) is 9.88 Å². The number of piperidine rings is 1. The van der Waals surface area contributed by atoms with Crippen molar-refractivity contribution in [2.24, 2.45) is 0 Å². The average Bonchev–Trinajstić information content (AvgIpc) is 2.65. The fraction of sp³-hybridized carbons (Fsp3) is 0.450. The Morgan fingerprint density at radius 3 is 2.57 bits per heavy atom. The Morgan fingerprint density at radius 1 is 1.25 bits per heavy atom. The summed E-state index contributed by atoms with van der Waals surface area (Å²) in [5.41, 5.74) is 3.09. The minimum atomic E-state index is -3.16. The van der Waals surface area contributed by atoms with Gasteiger partial charge in [0.1, 0.15) is 5.82 Å². The third-order valence-corrected chi connectivity index (χ3v) is 6.57. The molecule has 1 aromatic carbocycles. The summed E-state index contributed by atoms with van der Waals surface area (Å²) in [5, 5.41) is 3.09. The van der Waals surface area contributed by atoms with E-state index in [4.69, 9.17) is 0 Å². The van der Waals surface area contributed by atoms with Crippen LogP contribution >= 0.6 is 0 Å². The summed E-state index contributed by atoms with van der Waals surface area (Å²) in [4.78, 5) is 6.49. The predicted molar refractivity (Wildman–Crippen MR) is 110 cm³/mol. The number of nitrogens with one attached hydrogen (secondary N) is 1. The number of benzene rings is 1. The SMILES string of the molecule is Cc1ccc(Nc2cc(CN3CCC(N(C)S(C)(=O)=O)CC3)ccc2F)cn1. The molecule has 1 fully saturated rings. The molecular weight excluding hydrogens is 379 g/mol. The first kappa shape index (κ1) is 20.7. The number of hydrogen-bond acceptors (Lipinski definition) is 5. The standard InChI is InChI=1S/C20H27FN4O2S/c1-15-4-6-17(13-22-15)23-20-12-16(5-7-19(20)21)14-25-10-8-18(9-11-25)24(2)28(3,26)27/h4-7,12-13,18,23H,8-11,14H2,1-3H3. The summed E-state index contributed by atoms with van der Waals surface area (Å²) < 4.78 is 39.1. The van der Waals surface area contributed by atoms with Crippen LogP contribution in [-0.2, 0) is 16.6 Å². The number of rotatable bonds is 6. The van der Waals surface area contributed by atoms with Crippen LogP contribution in [0.3, 0.4) is 0 Å². The molecule has 0 unspecified atom stereocenters. The van der Waals surface area contributed by atoms with Crippen molar-refractivity contribution in [1.82, 2.24) is 14.2 Å². The third-order valence-electron chi connectivity index (χ3n) is 5.22. The van der Waals surface area contributed by atoms with Crippen molar-refractivity contribution in [3.8, 4) is 0 Å². The molecule has 2 aromatic rings. The maximum Gasteiger partial charge on any atom is 0.211 e. The second-order valence-electron chi connectivity index (χ2n) is 7.41. The molecule has 0 atom stereocenters. The van der Waals surface area contributed by atoms with Crippen molar-refractivity contribution in [2.45, 2.75) is 32.4 Å². The summed E-state index contributed by atoms with van der Waals surface area (Å²) in [7, 11) is -1.52. The molecule has 0 radical (unpaired) electrons. The van der Waals surface area contributed by atoms with Crippen LogP contribution in [-0.4, -0.2) is 55.0 Å². The zero-order valence-electron chi connectivity index (χ0n) is 16.5. The highest BCUT2D eigenvalue weighted by atomic mass is 32.2. The van der Waals surface area contributed by atoms with Gasteiger partial charge in [0.2, 0.25) is 10.0 Å². The van der Waals surface area contributed by atoms with Crippen LogP contribution in [0.15, 0.2) is 36.5 Å². The molecule has 3 rings (SSSR count). The van der Waals surface area contributed by atoms with Crippen molar-refractivity contribution in [3.05, 3.63) is 53.6 Å². The summed E-state index contributed by atoms with van der Waals surface area (Å²) >= 11 is 0. The summed E-state index contributed by atoms with van der Waals surface area (Å²) in [6, 6.07) is 8.89. The lowest BCUT2D eigenvalue weighted by Crippen LogP contribution is -2.44. The average molecular weight is 407 g/mol. The highest BCUT2D eigenvalue weighted by molar-refractivity contribution is 7.88. The third kappa shape index (κ3) is 5.27. The highest BCUT2D eigenvalue weighted by Gasteiger charge is 2.27. The number of aryl methyl sites for hydroxylation is 1. The fourth-order valence-corrected chi connectivity index (χ4v) is 4.19. The van der Waals surface area contributed by atoms with Crippen LogP contribution in [0.25, 0.3) is 0 Å². The van der Waals surface area contributed by atoms with Gasteiger partial charge in [-0.1, -0.05) is 6.07 Å². The van der Waals surface area contributed by atoms with E-state index in [-0.39, 0.29) is 11.9 Å². The molecule has 0 amide bonds. The Balaban J connectivity index is 1.62. The number of hydrogen-bond donors (Lipinski definition) is 1. The number of nitrogens with zero attached hydrogens (tertiary/aromatic N) is 3. The largest absolute Gasteiger partial charge is 0.352 e. The Labute approximate surface area is 166 Å². The Bertz CT molecular complexity index is 910. The lowest BCUT2D eigenvalue weighted by molar-refractivity contribution is 0.164. The van der Waals surface area contributed by atoms with E-state index in [1.165, 1.54) is 16.6 Å². The van der Waals surface area contributed by atoms with Gasteiger partial charge in [0.15, 0.2) is 0 Å². The van der Waals surface area contributed by atoms with Gasteiger partial charge in [-0.05, 0) is 49.6 Å². The first-order chi connectivity index (χ1) is 13.2. The van der Waals surface area contributed by atoms with Gasteiger partial charge in [-0.15, -0.1) is 0 Å². The quantitative estimate of drug-likeness (QED) is 0.798. The van der Waals surface area contributed by atoms with E-state index in [9.17, 15) is 12.8 Å². The Kier molecular flexibility index (Phi) is 6.32. The van der Waals surface area contributed by atoms with E-state index in [0.717, 1.165) is 42.9 Å². The van der Waals surface area contributed by atoms with Crippen LogP contribution in [0.4, 0.5) is 15.8 Å². The predicted octanol–water partition coefficient (Wildman–Crippen LogP) is 3.13. The van der Waals surface area contributed by atoms with Crippen LogP contribution in [0.1, 0.15) is 24.1 Å². The number of likely N-dealkylation sites (tertiary alicyclic amines) is 1. The topological polar surface area (TPSA) is 65.5 Å². The molecule has 0 saturated carbocycles. The lowest BCUT2D eigenvalue weighted by Gasteiger charge is -2.35.